The van der Waals surface area contributed by atoms with Gasteiger partial charge in [0.25, 0.3) is 0 Å². The maximum absolute atomic E-state index is 11.8. The molecule has 3 nitrogen and oxygen atoms in total. The van der Waals surface area contributed by atoms with Crippen LogP contribution in [0.4, 0.5) is 0 Å². The Bertz CT molecular complexity index is 466. The normalized spacial score (nSPS) is 14.9. The smallest absolute Gasteiger partial charge is 0.188 e. The number of hydrogen-bond acceptors (Lipinski definition) is 2. The summed E-state index contributed by atoms with van der Waals surface area (Å²) in [5.74, 6) is -0.0937. The number of ketones is 2. The van der Waals surface area contributed by atoms with Crippen molar-refractivity contribution < 1.29 is 9.59 Å². The number of hydrogen-bond donors (Lipinski definition) is 0. The Kier molecular flexibility index (Phi) is 2.31. The molecule has 1 aromatic rings. The van der Waals surface area contributed by atoms with E-state index in [0.717, 1.165) is 18.5 Å². The van der Waals surface area contributed by atoms with Crippen LogP contribution in [0.5, 0.6) is 0 Å². The Labute approximate surface area is 88.4 Å². The minimum absolute atomic E-state index is 0.0458. The lowest BCUT2D eigenvalue weighted by Gasteiger charge is -2.01. The van der Waals surface area contributed by atoms with E-state index < -0.39 is 0 Å². The summed E-state index contributed by atoms with van der Waals surface area (Å²) >= 11 is 0. The Morgan fingerprint density at radius 2 is 2.20 bits per heavy atom. The van der Waals surface area contributed by atoms with E-state index in [1.807, 2.05) is 17.7 Å². The van der Waals surface area contributed by atoms with Crippen molar-refractivity contribution in [3.63, 3.8) is 0 Å². The number of allylic oxidation sites excluding steroid dienone is 2. The van der Waals surface area contributed by atoms with Crippen LogP contribution in [0.1, 0.15) is 39.8 Å². The number of Topliss-reactive ketones (excluding diaryl/α,β-unsaturated/α-hetero) is 1. The first-order valence-corrected chi connectivity index (χ1v) is 5.01. The van der Waals surface area contributed by atoms with Gasteiger partial charge in [0.1, 0.15) is 0 Å². The van der Waals surface area contributed by atoms with Crippen LogP contribution in [0.25, 0.3) is 0 Å². The highest BCUT2D eigenvalue weighted by Crippen LogP contribution is 2.22. The summed E-state index contributed by atoms with van der Waals surface area (Å²) in [7, 11) is 1.88. The van der Waals surface area contributed by atoms with Gasteiger partial charge in [-0.3, -0.25) is 9.59 Å². The van der Waals surface area contributed by atoms with Gasteiger partial charge in [0.2, 0.25) is 0 Å². The zero-order chi connectivity index (χ0) is 11.0. The molecule has 0 bridgehead atoms. The molecule has 1 aliphatic carbocycles. The van der Waals surface area contributed by atoms with Crippen LogP contribution >= 0.6 is 0 Å². The van der Waals surface area contributed by atoms with Crippen molar-refractivity contribution in [1.82, 2.24) is 4.57 Å². The largest absolute Gasteiger partial charge is 0.353 e. The molecular weight excluding hydrogens is 190 g/mol. The molecule has 0 aromatic carbocycles. The Morgan fingerprint density at radius 1 is 1.47 bits per heavy atom. The highest BCUT2D eigenvalue weighted by atomic mass is 16.1. The second-order valence-electron chi connectivity index (χ2n) is 3.84. The van der Waals surface area contributed by atoms with Gasteiger partial charge in [-0.25, -0.2) is 0 Å². The maximum atomic E-state index is 11.8. The standard InChI is InChI=1S/C12H13NO2/c1-8(14)9-7-13(2)10-5-3-4-6-11(15)12(9)10/h4,6-7H,3,5H2,1-2H3. The van der Waals surface area contributed by atoms with Gasteiger partial charge in [0.05, 0.1) is 5.56 Å². The first-order chi connectivity index (χ1) is 7.11. The zero-order valence-electron chi connectivity index (χ0n) is 8.91. The molecule has 78 valence electrons. The first-order valence-electron chi connectivity index (χ1n) is 5.01. The number of carbonyl (C=O) groups is 2. The van der Waals surface area contributed by atoms with Gasteiger partial charge in [-0.2, -0.15) is 0 Å². The van der Waals surface area contributed by atoms with Crippen LogP contribution < -0.4 is 0 Å². The predicted octanol–water partition coefficient (Wildman–Crippen LogP) is 1.91. The third-order valence-corrected chi connectivity index (χ3v) is 2.75. The van der Waals surface area contributed by atoms with Gasteiger partial charge in [-0.15, -0.1) is 0 Å². The molecule has 0 spiro atoms. The zero-order valence-corrected chi connectivity index (χ0v) is 8.91. The van der Waals surface area contributed by atoms with Crippen LogP contribution in [-0.2, 0) is 13.5 Å². The summed E-state index contributed by atoms with van der Waals surface area (Å²) in [5, 5.41) is 0. The van der Waals surface area contributed by atoms with Gasteiger partial charge in [0, 0.05) is 24.5 Å². The van der Waals surface area contributed by atoms with Gasteiger partial charge < -0.3 is 4.57 Å². The fraction of sp³-hybridized carbons (Fsp3) is 0.333. The summed E-state index contributed by atoms with van der Waals surface area (Å²) in [6.07, 6.45) is 6.86. The van der Waals surface area contributed by atoms with Gasteiger partial charge in [-0.1, -0.05) is 6.08 Å². The molecule has 1 aromatic heterocycles. The molecule has 0 N–H and O–H groups in total. The van der Waals surface area contributed by atoms with Crippen LogP contribution in [0.15, 0.2) is 18.3 Å². The van der Waals surface area contributed by atoms with Crippen LogP contribution in [-0.4, -0.2) is 16.1 Å². The van der Waals surface area contributed by atoms with Crippen LogP contribution in [0, 0.1) is 0 Å². The molecule has 2 rings (SSSR count). The summed E-state index contributed by atoms with van der Waals surface area (Å²) in [6.45, 7) is 1.50. The molecule has 0 saturated heterocycles. The Hall–Kier alpha value is -1.64. The molecule has 1 heterocycles. The van der Waals surface area contributed by atoms with Gasteiger partial charge in [-0.05, 0) is 25.8 Å². The number of aromatic nitrogens is 1. The fourth-order valence-corrected chi connectivity index (χ4v) is 2.00. The molecule has 15 heavy (non-hydrogen) atoms. The Balaban J connectivity index is 2.67. The Morgan fingerprint density at radius 3 is 2.87 bits per heavy atom. The minimum atomic E-state index is -0.0479. The number of nitrogens with zero attached hydrogens (tertiary/aromatic N) is 1. The van der Waals surface area contributed by atoms with E-state index in [4.69, 9.17) is 0 Å². The average Bonchev–Trinajstić information content (AvgIpc) is 2.38. The second kappa shape index (κ2) is 3.50. The van der Waals surface area contributed by atoms with Crippen molar-refractivity contribution in [3.8, 4) is 0 Å². The molecule has 1 aliphatic rings. The highest BCUT2D eigenvalue weighted by Gasteiger charge is 2.22. The quantitative estimate of drug-likeness (QED) is 0.654. The fourth-order valence-electron chi connectivity index (χ4n) is 2.00. The van der Waals surface area contributed by atoms with E-state index in [0.29, 0.717) is 11.1 Å². The van der Waals surface area contributed by atoms with E-state index >= 15 is 0 Å². The molecular formula is C12H13NO2. The van der Waals surface area contributed by atoms with Crippen molar-refractivity contribution in [2.24, 2.45) is 7.05 Å². The molecule has 3 heteroatoms. The molecule has 0 fully saturated rings. The van der Waals surface area contributed by atoms with Gasteiger partial charge in [0.15, 0.2) is 11.6 Å². The number of rotatable bonds is 1. The van der Waals surface area contributed by atoms with E-state index in [2.05, 4.69) is 0 Å². The predicted molar refractivity (Wildman–Crippen MR) is 57.2 cm³/mol. The average molecular weight is 203 g/mol. The lowest BCUT2D eigenvalue weighted by atomic mass is 10.0. The first kappa shape index (κ1) is 9.90. The van der Waals surface area contributed by atoms with Crippen molar-refractivity contribution in [2.75, 3.05) is 0 Å². The SMILES string of the molecule is CC(=O)c1cn(C)c2c1C(=O)C=CCC2. The molecule has 0 amide bonds. The molecule has 0 unspecified atom stereocenters. The third kappa shape index (κ3) is 1.54. The van der Waals surface area contributed by atoms with Crippen LogP contribution in [0.2, 0.25) is 0 Å². The van der Waals surface area contributed by atoms with E-state index in [-0.39, 0.29) is 11.6 Å². The summed E-state index contributed by atoms with van der Waals surface area (Å²) in [4.78, 5) is 23.2. The summed E-state index contributed by atoms with van der Waals surface area (Å²) < 4.78 is 1.89. The third-order valence-electron chi connectivity index (χ3n) is 2.75. The number of carbonyl (C=O) groups excluding carboxylic acids is 2. The van der Waals surface area contributed by atoms with Crippen molar-refractivity contribution in [3.05, 3.63) is 35.2 Å². The van der Waals surface area contributed by atoms with Crippen molar-refractivity contribution in [1.29, 1.82) is 0 Å². The van der Waals surface area contributed by atoms with Crippen molar-refractivity contribution >= 4 is 11.6 Å². The second-order valence-corrected chi connectivity index (χ2v) is 3.84. The summed E-state index contributed by atoms with van der Waals surface area (Å²) in [6, 6.07) is 0. The molecule has 0 saturated carbocycles. The minimum Gasteiger partial charge on any atom is -0.353 e. The molecule has 0 atom stereocenters. The number of aryl methyl sites for hydroxylation is 1. The maximum Gasteiger partial charge on any atom is 0.188 e. The highest BCUT2D eigenvalue weighted by molar-refractivity contribution is 6.13. The lowest BCUT2D eigenvalue weighted by molar-refractivity contribution is 0.0993. The summed E-state index contributed by atoms with van der Waals surface area (Å²) in [5.41, 5.74) is 2.11. The molecule has 0 aliphatic heterocycles. The van der Waals surface area contributed by atoms with Crippen molar-refractivity contribution in [2.45, 2.75) is 19.8 Å². The van der Waals surface area contributed by atoms with E-state index in [1.54, 1.807) is 12.3 Å². The monoisotopic (exact) mass is 203 g/mol. The molecule has 0 radical (unpaired) electrons. The van der Waals surface area contributed by atoms with Crippen LogP contribution in [0.3, 0.4) is 0 Å². The lowest BCUT2D eigenvalue weighted by Crippen LogP contribution is -2.04. The topological polar surface area (TPSA) is 39.1 Å². The van der Waals surface area contributed by atoms with Gasteiger partial charge >= 0.3 is 0 Å². The van der Waals surface area contributed by atoms with E-state index in [9.17, 15) is 9.59 Å². The number of fused-ring (bicyclic) bond motifs is 1. The van der Waals surface area contributed by atoms with E-state index in [1.165, 1.54) is 6.92 Å².